The molecular formula is C35H39NO8. The SMILES string of the molecule is NCOc1cc(CCC(=O)CC(O)CC(CCc2ccccc2)c2cc(O)c(O)c(OCc3cccc(O)c3)c2)ccc1O. The first-order valence-corrected chi connectivity index (χ1v) is 14.6. The van der Waals surface area contributed by atoms with Crippen molar-refractivity contribution in [2.24, 2.45) is 5.73 Å². The fourth-order valence-electron chi connectivity index (χ4n) is 5.15. The summed E-state index contributed by atoms with van der Waals surface area (Å²) < 4.78 is 11.0. The van der Waals surface area contributed by atoms with Crippen LogP contribution in [-0.4, -0.2) is 44.2 Å². The van der Waals surface area contributed by atoms with Crippen LogP contribution in [-0.2, 0) is 24.2 Å². The maximum absolute atomic E-state index is 12.8. The lowest BCUT2D eigenvalue weighted by Crippen LogP contribution is -2.18. The molecule has 0 radical (unpaired) electrons. The smallest absolute Gasteiger partial charge is 0.200 e. The molecule has 0 saturated heterocycles. The summed E-state index contributed by atoms with van der Waals surface area (Å²) in [4.78, 5) is 12.8. The molecule has 0 aliphatic carbocycles. The normalized spacial score (nSPS) is 12.4. The van der Waals surface area contributed by atoms with Gasteiger partial charge in [-0.2, -0.15) is 0 Å². The predicted molar refractivity (Wildman–Crippen MR) is 166 cm³/mol. The summed E-state index contributed by atoms with van der Waals surface area (Å²) in [6.07, 6.45) is 1.19. The van der Waals surface area contributed by atoms with Gasteiger partial charge in [0.05, 0.1) is 6.10 Å². The summed E-state index contributed by atoms with van der Waals surface area (Å²) in [5, 5.41) is 51.7. The van der Waals surface area contributed by atoms with Crippen LogP contribution in [0, 0.1) is 0 Å². The van der Waals surface area contributed by atoms with Gasteiger partial charge in [-0.05, 0) is 90.3 Å². The minimum absolute atomic E-state index is 0.0318. The average molecular weight is 602 g/mol. The van der Waals surface area contributed by atoms with E-state index in [2.05, 4.69) is 0 Å². The monoisotopic (exact) mass is 601 g/mol. The van der Waals surface area contributed by atoms with E-state index in [9.17, 15) is 30.3 Å². The maximum Gasteiger partial charge on any atom is 0.200 e. The largest absolute Gasteiger partial charge is 0.508 e. The summed E-state index contributed by atoms with van der Waals surface area (Å²) >= 11 is 0. The molecule has 232 valence electrons. The minimum Gasteiger partial charge on any atom is -0.508 e. The molecule has 9 nitrogen and oxygen atoms in total. The number of carbonyl (C=O) groups excluding carboxylic acids is 1. The van der Waals surface area contributed by atoms with Gasteiger partial charge in [0.2, 0.25) is 5.75 Å². The zero-order valence-corrected chi connectivity index (χ0v) is 24.4. The molecule has 0 aliphatic rings. The van der Waals surface area contributed by atoms with Gasteiger partial charge in [-0.3, -0.25) is 10.5 Å². The van der Waals surface area contributed by atoms with Crippen LogP contribution in [0.2, 0.25) is 0 Å². The number of phenols is 4. The molecule has 0 amide bonds. The summed E-state index contributed by atoms with van der Waals surface area (Å²) in [7, 11) is 0. The number of aryl methyl sites for hydroxylation is 2. The number of carbonyl (C=O) groups is 1. The third-order valence-corrected chi connectivity index (χ3v) is 7.45. The van der Waals surface area contributed by atoms with Gasteiger partial charge >= 0.3 is 0 Å². The van der Waals surface area contributed by atoms with Gasteiger partial charge in [-0.1, -0.05) is 48.5 Å². The number of phenolic OH excluding ortho intramolecular Hbond substituents is 4. The topological polar surface area (TPSA) is 163 Å². The molecule has 0 bridgehead atoms. The Hall–Kier alpha value is -4.73. The van der Waals surface area contributed by atoms with Gasteiger partial charge in [0.15, 0.2) is 23.0 Å². The number of aromatic hydroxyl groups is 4. The summed E-state index contributed by atoms with van der Waals surface area (Å²) in [5.41, 5.74) is 8.65. The highest BCUT2D eigenvalue weighted by molar-refractivity contribution is 5.79. The minimum atomic E-state index is -0.938. The Morgan fingerprint density at radius 1 is 0.750 bits per heavy atom. The molecule has 4 aromatic rings. The Morgan fingerprint density at radius 3 is 2.27 bits per heavy atom. The molecule has 2 atom stereocenters. The third kappa shape index (κ3) is 9.39. The number of aliphatic hydroxyl groups excluding tert-OH is 1. The molecule has 4 rings (SSSR count). The lowest BCUT2D eigenvalue weighted by atomic mass is 9.86. The highest BCUT2D eigenvalue weighted by Crippen LogP contribution is 2.41. The zero-order valence-electron chi connectivity index (χ0n) is 24.4. The number of Topliss-reactive ketones (excluding diaryl/α,β-unsaturated/α-hetero) is 1. The van der Waals surface area contributed by atoms with Crippen molar-refractivity contribution in [1.82, 2.24) is 0 Å². The number of nitrogens with two attached hydrogens (primary N) is 1. The number of hydrogen-bond donors (Lipinski definition) is 6. The van der Waals surface area contributed by atoms with Crippen molar-refractivity contribution >= 4 is 5.78 Å². The van der Waals surface area contributed by atoms with Crippen molar-refractivity contribution in [1.29, 1.82) is 0 Å². The van der Waals surface area contributed by atoms with Crippen molar-refractivity contribution in [3.63, 3.8) is 0 Å². The summed E-state index contributed by atoms with van der Waals surface area (Å²) in [6.45, 7) is -0.0326. The molecule has 0 aromatic heterocycles. The van der Waals surface area contributed by atoms with E-state index < -0.39 is 11.9 Å². The van der Waals surface area contributed by atoms with E-state index in [0.29, 0.717) is 30.4 Å². The van der Waals surface area contributed by atoms with Crippen LogP contribution in [0.4, 0.5) is 0 Å². The molecule has 4 aromatic carbocycles. The van der Waals surface area contributed by atoms with Crippen LogP contribution < -0.4 is 15.2 Å². The second kappa shape index (κ2) is 15.7. The van der Waals surface area contributed by atoms with Gasteiger partial charge in [-0.15, -0.1) is 0 Å². The van der Waals surface area contributed by atoms with Gasteiger partial charge in [0, 0.05) is 12.8 Å². The van der Waals surface area contributed by atoms with Crippen molar-refractivity contribution in [2.75, 3.05) is 6.73 Å². The predicted octanol–water partition coefficient (Wildman–Crippen LogP) is 5.44. The van der Waals surface area contributed by atoms with Crippen molar-refractivity contribution in [2.45, 2.75) is 57.2 Å². The fraction of sp³-hybridized carbons (Fsp3) is 0.286. The van der Waals surface area contributed by atoms with Crippen molar-refractivity contribution in [3.05, 3.63) is 107 Å². The Morgan fingerprint density at radius 2 is 1.52 bits per heavy atom. The molecule has 9 heteroatoms. The first kappa shape index (κ1) is 32.2. The Bertz CT molecular complexity index is 1520. The fourth-order valence-corrected chi connectivity index (χ4v) is 5.15. The van der Waals surface area contributed by atoms with E-state index >= 15 is 0 Å². The number of aliphatic hydroxyl groups is 1. The van der Waals surface area contributed by atoms with E-state index in [1.54, 1.807) is 42.5 Å². The third-order valence-electron chi connectivity index (χ3n) is 7.45. The van der Waals surface area contributed by atoms with Crippen LogP contribution in [0.1, 0.15) is 53.9 Å². The first-order valence-electron chi connectivity index (χ1n) is 14.6. The van der Waals surface area contributed by atoms with Gasteiger partial charge in [0.25, 0.3) is 0 Å². The van der Waals surface area contributed by atoms with Crippen LogP contribution in [0.5, 0.6) is 34.5 Å². The second-order valence-electron chi connectivity index (χ2n) is 10.8. The van der Waals surface area contributed by atoms with E-state index in [-0.39, 0.29) is 73.0 Å². The van der Waals surface area contributed by atoms with E-state index in [1.807, 2.05) is 30.3 Å². The molecule has 2 unspecified atom stereocenters. The standard InChI is InChI=1S/C35H39NO8/c36-22-44-33-16-24(11-14-31(33)40)10-13-29(38)20-30(39)17-26(12-9-23-5-2-1-3-6-23)27-18-32(41)35(42)34(19-27)43-21-25-7-4-8-28(37)15-25/h1-8,11,14-16,18-19,26,30,37,39-42H,9-10,12-13,17,20-22,36H2. The lowest BCUT2D eigenvalue weighted by molar-refractivity contribution is -0.121. The number of hydrogen-bond acceptors (Lipinski definition) is 9. The molecule has 0 fully saturated rings. The highest BCUT2D eigenvalue weighted by Gasteiger charge is 2.22. The van der Waals surface area contributed by atoms with E-state index in [4.69, 9.17) is 15.2 Å². The quantitative estimate of drug-likeness (QED) is 0.0725. The number of ketones is 1. The van der Waals surface area contributed by atoms with Crippen LogP contribution in [0.25, 0.3) is 0 Å². The van der Waals surface area contributed by atoms with Crippen LogP contribution in [0.3, 0.4) is 0 Å². The molecule has 0 spiro atoms. The zero-order chi connectivity index (χ0) is 31.5. The summed E-state index contributed by atoms with van der Waals surface area (Å²) in [6, 6.07) is 24.4. The van der Waals surface area contributed by atoms with Gasteiger partial charge in [-0.25, -0.2) is 0 Å². The van der Waals surface area contributed by atoms with Crippen LogP contribution >= 0.6 is 0 Å². The number of rotatable bonds is 16. The molecule has 7 N–H and O–H groups in total. The summed E-state index contributed by atoms with van der Waals surface area (Å²) in [5.74, 6) is -0.749. The molecule has 44 heavy (non-hydrogen) atoms. The first-order chi connectivity index (χ1) is 21.2. The van der Waals surface area contributed by atoms with Gasteiger partial charge in [0.1, 0.15) is 24.9 Å². The average Bonchev–Trinajstić information content (AvgIpc) is 3.01. The molecule has 0 heterocycles. The second-order valence-corrected chi connectivity index (χ2v) is 10.8. The van der Waals surface area contributed by atoms with E-state index in [1.165, 1.54) is 12.1 Å². The Kier molecular flexibility index (Phi) is 11.5. The molecule has 0 saturated carbocycles. The number of ether oxygens (including phenoxy) is 2. The maximum atomic E-state index is 12.8. The van der Waals surface area contributed by atoms with E-state index in [0.717, 1.165) is 11.1 Å². The lowest BCUT2D eigenvalue weighted by Gasteiger charge is -2.22. The Balaban J connectivity index is 1.45. The number of benzene rings is 4. The van der Waals surface area contributed by atoms with Crippen molar-refractivity contribution in [3.8, 4) is 34.5 Å². The molecular weight excluding hydrogens is 562 g/mol. The Labute approximate surface area is 256 Å². The van der Waals surface area contributed by atoms with Crippen molar-refractivity contribution < 1.29 is 39.8 Å². The molecule has 0 aliphatic heterocycles. The van der Waals surface area contributed by atoms with Crippen LogP contribution in [0.15, 0.2) is 84.9 Å². The highest BCUT2D eigenvalue weighted by atomic mass is 16.5. The van der Waals surface area contributed by atoms with Gasteiger partial charge < -0.3 is 35.0 Å².